The molecule has 2 bridgehead atoms. The molecule has 17 heavy (non-hydrogen) atoms. The number of carbonyl (C=O) groups excluding carboxylic acids is 1. The second-order valence-electron chi connectivity index (χ2n) is 5.46. The highest BCUT2D eigenvalue weighted by Gasteiger charge is 2.54. The van der Waals surface area contributed by atoms with Crippen molar-refractivity contribution in [2.45, 2.75) is 44.1 Å². The Hall–Kier alpha value is -1.31. The summed E-state index contributed by atoms with van der Waals surface area (Å²) in [5.74, 6) is 0.609. The first kappa shape index (κ1) is 10.8. The molecule has 90 valence electrons. The van der Waals surface area contributed by atoms with E-state index in [2.05, 4.69) is 24.3 Å². The molecule has 1 aromatic rings. The summed E-state index contributed by atoms with van der Waals surface area (Å²) >= 11 is 0. The zero-order valence-electron chi connectivity index (χ0n) is 10.2. The van der Waals surface area contributed by atoms with E-state index in [0.29, 0.717) is 0 Å². The summed E-state index contributed by atoms with van der Waals surface area (Å²) in [6.07, 6.45) is 4.79. The third kappa shape index (κ3) is 1.67. The van der Waals surface area contributed by atoms with Gasteiger partial charge < -0.3 is 4.74 Å². The second-order valence-corrected chi connectivity index (χ2v) is 5.46. The van der Waals surface area contributed by atoms with Gasteiger partial charge in [-0.2, -0.15) is 0 Å². The van der Waals surface area contributed by atoms with Gasteiger partial charge in [0.15, 0.2) is 0 Å². The number of rotatable bonds is 2. The maximum Gasteiger partial charge on any atom is 0.302 e. The lowest BCUT2D eigenvalue weighted by Gasteiger charge is -2.34. The van der Waals surface area contributed by atoms with Crippen molar-refractivity contribution < 1.29 is 9.53 Å². The first-order chi connectivity index (χ1) is 8.21. The number of ether oxygens (including phenoxy) is 1. The van der Waals surface area contributed by atoms with Crippen molar-refractivity contribution in [1.29, 1.82) is 0 Å². The summed E-state index contributed by atoms with van der Waals surface area (Å²) in [5, 5.41) is 0. The first-order valence-electron chi connectivity index (χ1n) is 6.43. The van der Waals surface area contributed by atoms with Gasteiger partial charge in [-0.3, -0.25) is 4.79 Å². The molecular weight excluding hydrogens is 212 g/mol. The number of carbonyl (C=O) groups is 1. The van der Waals surface area contributed by atoms with Gasteiger partial charge in [0.25, 0.3) is 0 Å². The Balaban J connectivity index is 1.95. The van der Waals surface area contributed by atoms with Gasteiger partial charge in [-0.05, 0) is 37.2 Å². The van der Waals surface area contributed by atoms with Crippen LogP contribution in [0, 0.1) is 5.92 Å². The number of benzene rings is 1. The van der Waals surface area contributed by atoms with E-state index in [1.807, 2.05) is 6.07 Å². The van der Waals surface area contributed by atoms with E-state index in [0.717, 1.165) is 12.3 Å². The average molecular weight is 230 g/mol. The monoisotopic (exact) mass is 230 g/mol. The maximum atomic E-state index is 11.2. The quantitative estimate of drug-likeness (QED) is 0.730. The van der Waals surface area contributed by atoms with Crippen LogP contribution in [0.5, 0.6) is 0 Å². The van der Waals surface area contributed by atoms with E-state index >= 15 is 0 Å². The minimum Gasteiger partial charge on any atom is -0.462 e. The van der Waals surface area contributed by atoms with Crippen LogP contribution < -0.4 is 0 Å². The van der Waals surface area contributed by atoms with Crippen molar-refractivity contribution in [3.63, 3.8) is 0 Å². The van der Waals surface area contributed by atoms with E-state index in [1.54, 1.807) is 0 Å². The molecular formula is C15H18O2. The van der Waals surface area contributed by atoms with E-state index in [-0.39, 0.29) is 17.5 Å². The predicted octanol–water partition coefficient (Wildman–Crippen LogP) is 3.06. The zero-order chi connectivity index (χ0) is 11.9. The Kier molecular flexibility index (Phi) is 2.46. The molecule has 2 aliphatic carbocycles. The van der Waals surface area contributed by atoms with E-state index < -0.39 is 0 Å². The van der Waals surface area contributed by atoms with Gasteiger partial charge >= 0.3 is 5.97 Å². The molecule has 1 aromatic carbocycles. The largest absolute Gasteiger partial charge is 0.462 e. The minimum absolute atomic E-state index is 0.0983. The number of hydrogen-bond donors (Lipinski definition) is 0. The summed E-state index contributed by atoms with van der Waals surface area (Å²) in [6.45, 7) is 1.52. The maximum absolute atomic E-state index is 11.2. The normalized spacial score (nSPS) is 34.9. The standard InChI is InChI=1S/C15H18O2/c1-11(16)17-14-9-12-7-8-15(14,10-12)13-5-3-2-4-6-13/h2-6,12,14H,7-10H2,1H3. The van der Waals surface area contributed by atoms with E-state index in [4.69, 9.17) is 4.74 Å². The molecule has 2 nitrogen and oxygen atoms in total. The fourth-order valence-corrected chi connectivity index (χ4v) is 3.78. The second kappa shape index (κ2) is 3.86. The highest BCUT2D eigenvalue weighted by atomic mass is 16.5. The van der Waals surface area contributed by atoms with Gasteiger partial charge in [-0.25, -0.2) is 0 Å². The molecule has 3 unspecified atom stereocenters. The van der Waals surface area contributed by atoms with Crippen LogP contribution in [0.3, 0.4) is 0 Å². The molecule has 3 atom stereocenters. The van der Waals surface area contributed by atoms with Crippen LogP contribution >= 0.6 is 0 Å². The van der Waals surface area contributed by atoms with Crippen LogP contribution in [0.25, 0.3) is 0 Å². The van der Waals surface area contributed by atoms with Gasteiger partial charge in [0, 0.05) is 12.3 Å². The van der Waals surface area contributed by atoms with Crippen LogP contribution in [0.2, 0.25) is 0 Å². The van der Waals surface area contributed by atoms with Crippen LogP contribution in [-0.4, -0.2) is 12.1 Å². The number of fused-ring (bicyclic) bond motifs is 2. The lowest BCUT2D eigenvalue weighted by atomic mass is 9.75. The molecule has 0 heterocycles. The number of hydrogen-bond acceptors (Lipinski definition) is 2. The Morgan fingerprint density at radius 2 is 2.12 bits per heavy atom. The summed E-state index contributed by atoms with van der Waals surface area (Å²) in [5.41, 5.74) is 1.46. The molecule has 0 spiro atoms. The van der Waals surface area contributed by atoms with Crippen molar-refractivity contribution in [3.8, 4) is 0 Å². The van der Waals surface area contributed by atoms with Crippen molar-refractivity contribution in [2.75, 3.05) is 0 Å². The van der Waals surface area contributed by atoms with E-state index in [1.165, 1.54) is 31.7 Å². The molecule has 2 heteroatoms. The number of esters is 1. The molecule has 2 aliphatic rings. The van der Waals surface area contributed by atoms with Crippen LogP contribution in [0.4, 0.5) is 0 Å². The summed E-state index contributed by atoms with van der Waals surface area (Å²) in [4.78, 5) is 11.2. The minimum atomic E-state index is -0.141. The van der Waals surface area contributed by atoms with Gasteiger partial charge in [-0.15, -0.1) is 0 Å². The highest BCUT2D eigenvalue weighted by molar-refractivity contribution is 5.66. The summed E-state index contributed by atoms with van der Waals surface area (Å²) in [7, 11) is 0. The molecule has 0 N–H and O–H groups in total. The zero-order valence-corrected chi connectivity index (χ0v) is 10.2. The lowest BCUT2D eigenvalue weighted by molar-refractivity contribution is -0.149. The molecule has 2 saturated carbocycles. The van der Waals surface area contributed by atoms with Gasteiger partial charge in [0.05, 0.1) is 0 Å². The summed E-state index contributed by atoms with van der Waals surface area (Å²) in [6, 6.07) is 10.6. The van der Waals surface area contributed by atoms with Crippen molar-refractivity contribution in [1.82, 2.24) is 0 Å². The molecule has 0 amide bonds. The topological polar surface area (TPSA) is 26.3 Å². The predicted molar refractivity (Wildman–Crippen MR) is 65.6 cm³/mol. The molecule has 0 aromatic heterocycles. The van der Waals surface area contributed by atoms with E-state index in [9.17, 15) is 4.79 Å². The molecule has 0 radical (unpaired) electrons. The SMILES string of the molecule is CC(=O)OC1CC2CCC1(c1ccccc1)C2. The van der Waals surface area contributed by atoms with Gasteiger partial charge in [-0.1, -0.05) is 30.3 Å². The Morgan fingerprint density at radius 1 is 1.35 bits per heavy atom. The third-order valence-electron chi connectivity index (χ3n) is 4.47. The first-order valence-corrected chi connectivity index (χ1v) is 6.43. The van der Waals surface area contributed by atoms with Crippen LogP contribution in [0.1, 0.15) is 38.2 Å². The lowest BCUT2D eigenvalue weighted by Crippen LogP contribution is -2.37. The van der Waals surface area contributed by atoms with Gasteiger partial charge in [0.1, 0.15) is 6.10 Å². The smallest absolute Gasteiger partial charge is 0.302 e. The summed E-state index contributed by atoms with van der Waals surface area (Å²) < 4.78 is 5.56. The average Bonchev–Trinajstić information content (AvgIpc) is 2.88. The Labute approximate surface area is 102 Å². The van der Waals surface area contributed by atoms with Crippen LogP contribution in [-0.2, 0) is 14.9 Å². The fourth-order valence-electron chi connectivity index (χ4n) is 3.78. The van der Waals surface area contributed by atoms with Gasteiger partial charge in [0.2, 0.25) is 0 Å². The molecule has 0 aliphatic heterocycles. The van der Waals surface area contributed by atoms with Crippen LogP contribution in [0.15, 0.2) is 30.3 Å². The molecule has 0 saturated heterocycles. The highest BCUT2D eigenvalue weighted by Crippen LogP contribution is 2.56. The Morgan fingerprint density at radius 3 is 2.76 bits per heavy atom. The van der Waals surface area contributed by atoms with Crippen molar-refractivity contribution in [2.24, 2.45) is 5.92 Å². The third-order valence-corrected chi connectivity index (χ3v) is 4.47. The fraction of sp³-hybridized carbons (Fsp3) is 0.533. The molecule has 2 fully saturated rings. The van der Waals surface area contributed by atoms with Crippen molar-refractivity contribution >= 4 is 5.97 Å². The Bertz CT molecular complexity index is 426. The van der Waals surface area contributed by atoms with Crippen molar-refractivity contribution in [3.05, 3.63) is 35.9 Å². The molecule has 3 rings (SSSR count).